The maximum atomic E-state index is 13.2. The highest BCUT2D eigenvalue weighted by Gasteiger charge is 2.40. The van der Waals surface area contributed by atoms with Crippen LogP contribution in [-0.4, -0.2) is 43.0 Å². The van der Waals surface area contributed by atoms with Crippen molar-refractivity contribution in [2.75, 3.05) is 31.1 Å². The Kier molecular flexibility index (Phi) is 5.01. The van der Waals surface area contributed by atoms with Gasteiger partial charge in [-0.15, -0.1) is 0 Å². The molecule has 1 aromatic heterocycles. The van der Waals surface area contributed by atoms with Gasteiger partial charge in [0.2, 0.25) is 0 Å². The first kappa shape index (κ1) is 22.4. The van der Waals surface area contributed by atoms with Crippen LogP contribution in [0.25, 0.3) is 11.0 Å². The Bertz CT molecular complexity index is 1570. The Morgan fingerprint density at radius 1 is 0.921 bits per heavy atom. The number of nitrogens with zero attached hydrogens (tertiary/aromatic N) is 2. The quantitative estimate of drug-likeness (QED) is 0.322. The van der Waals surface area contributed by atoms with Crippen LogP contribution in [0.3, 0.4) is 0 Å². The molecule has 6 nitrogen and oxygen atoms in total. The fourth-order valence-corrected chi connectivity index (χ4v) is 7.72. The molecule has 0 N–H and O–H groups in total. The van der Waals surface area contributed by atoms with Crippen molar-refractivity contribution in [2.24, 2.45) is 5.92 Å². The van der Waals surface area contributed by atoms with Gasteiger partial charge in [-0.2, -0.15) is 0 Å². The summed E-state index contributed by atoms with van der Waals surface area (Å²) in [4.78, 5) is 31.1. The van der Waals surface area contributed by atoms with Gasteiger partial charge in [0, 0.05) is 54.4 Å². The lowest BCUT2D eigenvalue weighted by Gasteiger charge is -2.43. The van der Waals surface area contributed by atoms with Gasteiger partial charge in [0.05, 0.1) is 0 Å². The highest BCUT2D eigenvalue weighted by molar-refractivity contribution is 6.06. The first-order chi connectivity index (χ1) is 18.6. The van der Waals surface area contributed by atoms with Gasteiger partial charge in [0.25, 0.3) is 0 Å². The number of carbonyl (C=O) groups excluding carboxylic acids is 1. The van der Waals surface area contributed by atoms with Crippen LogP contribution in [-0.2, 0) is 17.6 Å². The average Bonchev–Trinajstić information content (AvgIpc) is 3.36. The Balaban J connectivity index is 1.09. The van der Waals surface area contributed by atoms with Gasteiger partial charge in [-0.25, -0.2) is 4.79 Å². The monoisotopic (exact) mass is 508 g/mol. The molecule has 6 heterocycles. The number of anilines is 1. The molecule has 1 aromatic carbocycles. The fourth-order valence-electron chi connectivity index (χ4n) is 7.72. The minimum Gasteiger partial charge on any atom is -0.485 e. The van der Waals surface area contributed by atoms with Crippen molar-refractivity contribution >= 4 is 22.4 Å². The van der Waals surface area contributed by atoms with E-state index >= 15 is 0 Å². The zero-order valence-corrected chi connectivity index (χ0v) is 21.6. The van der Waals surface area contributed by atoms with Gasteiger partial charge in [-0.05, 0) is 98.4 Å². The van der Waals surface area contributed by atoms with Gasteiger partial charge >= 0.3 is 5.63 Å². The summed E-state index contributed by atoms with van der Waals surface area (Å²) in [6.45, 7) is 4.40. The number of benzene rings is 1. The van der Waals surface area contributed by atoms with E-state index in [-0.39, 0.29) is 23.4 Å². The van der Waals surface area contributed by atoms with Crippen molar-refractivity contribution in [1.82, 2.24) is 4.90 Å². The van der Waals surface area contributed by atoms with Crippen LogP contribution in [0.15, 0.2) is 68.3 Å². The van der Waals surface area contributed by atoms with Gasteiger partial charge in [-0.1, -0.05) is 6.08 Å². The van der Waals surface area contributed by atoms with Crippen molar-refractivity contribution in [3.63, 3.8) is 0 Å². The van der Waals surface area contributed by atoms with E-state index in [1.807, 2.05) is 0 Å². The molecule has 1 aliphatic carbocycles. The lowest BCUT2D eigenvalue weighted by atomic mass is 9.79. The number of piperidine rings is 1. The number of hydrogen-bond acceptors (Lipinski definition) is 6. The van der Waals surface area contributed by atoms with Gasteiger partial charge in [0.1, 0.15) is 23.0 Å². The normalized spacial score (nSPS) is 25.6. The SMILES string of the molecule is O=C(/C=C/C1=CC2C=C3CCCN4CCCC(=C34)C2O1)c1cc2cc3c4c(c2oc1=O)CCCN4CCC3. The van der Waals surface area contributed by atoms with Gasteiger partial charge in [0.15, 0.2) is 5.78 Å². The predicted molar refractivity (Wildman–Crippen MR) is 146 cm³/mol. The maximum absolute atomic E-state index is 13.2. The van der Waals surface area contributed by atoms with E-state index < -0.39 is 5.63 Å². The summed E-state index contributed by atoms with van der Waals surface area (Å²) in [5, 5.41) is 0.853. The van der Waals surface area contributed by atoms with E-state index in [2.05, 4.69) is 28.0 Å². The van der Waals surface area contributed by atoms with Crippen LogP contribution in [0.5, 0.6) is 0 Å². The van der Waals surface area contributed by atoms with Gasteiger partial charge < -0.3 is 19.0 Å². The number of ketones is 1. The van der Waals surface area contributed by atoms with Crippen molar-refractivity contribution in [3.05, 3.63) is 86.1 Å². The van der Waals surface area contributed by atoms with Crippen LogP contribution < -0.4 is 10.5 Å². The molecule has 2 atom stereocenters. The smallest absolute Gasteiger partial charge is 0.347 e. The number of allylic oxidation sites excluding steroid dienone is 3. The molecule has 2 unspecified atom stereocenters. The van der Waals surface area contributed by atoms with Crippen LogP contribution in [0.1, 0.15) is 60.0 Å². The molecule has 0 radical (unpaired) electrons. The van der Waals surface area contributed by atoms with E-state index in [9.17, 15) is 9.59 Å². The van der Waals surface area contributed by atoms with Crippen LogP contribution in [0.4, 0.5) is 5.69 Å². The van der Waals surface area contributed by atoms with Crippen molar-refractivity contribution in [3.8, 4) is 0 Å². The molecule has 2 aromatic rings. The van der Waals surface area contributed by atoms with E-state index in [4.69, 9.17) is 9.15 Å². The zero-order valence-electron chi connectivity index (χ0n) is 21.6. The Labute approximate surface area is 221 Å². The predicted octanol–water partition coefficient (Wildman–Crippen LogP) is 5.21. The zero-order chi connectivity index (χ0) is 25.4. The van der Waals surface area contributed by atoms with E-state index in [0.29, 0.717) is 11.3 Å². The summed E-state index contributed by atoms with van der Waals surface area (Å²) in [5.74, 6) is 0.578. The summed E-state index contributed by atoms with van der Waals surface area (Å²) >= 11 is 0. The van der Waals surface area contributed by atoms with Crippen molar-refractivity contribution in [2.45, 2.75) is 57.5 Å². The Hall–Kier alpha value is -3.54. The number of fused-ring (bicyclic) bond motifs is 4. The molecule has 0 spiro atoms. The Morgan fingerprint density at radius 2 is 1.71 bits per heavy atom. The van der Waals surface area contributed by atoms with Crippen molar-refractivity contribution in [1.29, 1.82) is 0 Å². The molecular formula is C32H32N2O4. The molecule has 6 heteroatoms. The second kappa shape index (κ2) is 8.48. The second-order valence-corrected chi connectivity index (χ2v) is 11.6. The molecule has 1 fully saturated rings. The maximum Gasteiger partial charge on any atom is 0.347 e. The molecule has 6 aliphatic rings. The number of hydrogen-bond donors (Lipinski definition) is 0. The molecule has 0 bridgehead atoms. The molecule has 1 saturated heterocycles. The number of rotatable bonds is 3. The number of ether oxygens (including phenoxy) is 1. The standard InChI is InChI=1S/C32H32N2O4/c35-27(10-9-23-17-21-15-19-5-1-11-33-13-3-7-24(28(19)33)30(21)37-23)26-18-22-16-20-6-2-12-34-14-4-8-25(29(20)34)31(22)38-32(26)36/h9-10,15-18,21,30H,1-8,11-14H2/b10-9+. The first-order valence-corrected chi connectivity index (χ1v) is 14.3. The molecule has 5 aliphatic heterocycles. The highest BCUT2D eigenvalue weighted by Crippen LogP contribution is 2.46. The minimum absolute atomic E-state index is 0.0258. The third-order valence-electron chi connectivity index (χ3n) is 9.26. The largest absolute Gasteiger partial charge is 0.485 e. The Morgan fingerprint density at radius 3 is 2.61 bits per heavy atom. The first-order valence-electron chi connectivity index (χ1n) is 14.3. The van der Waals surface area contributed by atoms with Crippen LogP contribution in [0, 0.1) is 5.92 Å². The molecule has 0 amide bonds. The third kappa shape index (κ3) is 3.38. The fraction of sp³-hybridized carbons (Fsp3) is 0.438. The molecule has 194 valence electrons. The number of aryl methyl sites for hydroxylation is 2. The third-order valence-corrected chi connectivity index (χ3v) is 9.26. The molecular weight excluding hydrogens is 476 g/mol. The number of carbonyl (C=O) groups is 1. The van der Waals surface area contributed by atoms with Crippen LogP contribution in [0.2, 0.25) is 0 Å². The lowest BCUT2D eigenvalue weighted by molar-refractivity contribution is 0.104. The van der Waals surface area contributed by atoms with Crippen LogP contribution >= 0.6 is 0 Å². The molecule has 8 rings (SSSR count). The lowest BCUT2D eigenvalue weighted by Crippen LogP contribution is -2.39. The highest BCUT2D eigenvalue weighted by atomic mass is 16.5. The summed E-state index contributed by atoms with van der Waals surface area (Å²) in [5.41, 5.74) is 8.19. The van der Waals surface area contributed by atoms with Gasteiger partial charge in [-0.3, -0.25) is 4.79 Å². The summed E-state index contributed by atoms with van der Waals surface area (Å²) in [6, 6.07) is 3.86. The molecule has 38 heavy (non-hydrogen) atoms. The van der Waals surface area contributed by atoms with E-state index in [0.717, 1.165) is 75.7 Å². The molecule has 0 saturated carbocycles. The second-order valence-electron chi connectivity index (χ2n) is 11.6. The average molecular weight is 509 g/mol. The van der Waals surface area contributed by atoms with E-state index in [1.165, 1.54) is 47.0 Å². The van der Waals surface area contributed by atoms with E-state index in [1.54, 1.807) is 12.1 Å². The minimum atomic E-state index is -0.561. The van der Waals surface area contributed by atoms with Crippen molar-refractivity contribution < 1.29 is 13.9 Å². The summed E-state index contributed by atoms with van der Waals surface area (Å²) in [6.07, 6.45) is 16.4. The summed E-state index contributed by atoms with van der Waals surface area (Å²) < 4.78 is 12.2. The summed E-state index contributed by atoms with van der Waals surface area (Å²) in [7, 11) is 0. The topological polar surface area (TPSA) is 63.0 Å².